The maximum atomic E-state index is 12.4. The molecule has 0 amide bonds. The van der Waals surface area contributed by atoms with Crippen LogP contribution in [-0.4, -0.2) is 132 Å². The van der Waals surface area contributed by atoms with Crippen LogP contribution in [0.2, 0.25) is 0 Å². The summed E-state index contributed by atoms with van der Waals surface area (Å²) in [6.07, 6.45) is 4.13. The van der Waals surface area contributed by atoms with Gasteiger partial charge in [0.1, 0.15) is 29.5 Å². The summed E-state index contributed by atoms with van der Waals surface area (Å²) in [5.74, 6) is -0.515. The molecule has 0 aliphatic carbocycles. The molecule has 2 heterocycles. The van der Waals surface area contributed by atoms with E-state index in [0.717, 1.165) is 6.07 Å². The molecule has 0 saturated carbocycles. The Morgan fingerprint density at radius 3 is 1.91 bits per heavy atom. The summed E-state index contributed by atoms with van der Waals surface area (Å²) in [4.78, 5) is 45.0. The van der Waals surface area contributed by atoms with E-state index in [-0.39, 0.29) is 215 Å². The predicted molar refractivity (Wildman–Crippen MR) is 223 cm³/mol. The molecule has 4 aromatic rings. The van der Waals surface area contributed by atoms with Gasteiger partial charge < -0.3 is 65.6 Å². The molecule has 6 N–H and O–H groups in total. The first-order chi connectivity index (χ1) is 30.8. The molecular formula is C32H38N12Na4O16S4. The van der Waals surface area contributed by atoms with Crippen LogP contribution in [0.5, 0.6) is 0 Å². The van der Waals surface area contributed by atoms with Crippen molar-refractivity contribution in [3.05, 3.63) is 53.3 Å². The van der Waals surface area contributed by atoms with Gasteiger partial charge in [0.05, 0.1) is 64.9 Å². The molecule has 4 rings (SSSR count). The second kappa shape index (κ2) is 40.1. The number of ether oxygens (including phenoxy) is 1. The van der Waals surface area contributed by atoms with Crippen molar-refractivity contribution >= 4 is 117 Å². The first-order valence-electron chi connectivity index (χ1n) is 17.3. The monoisotopic (exact) mass is 1070 g/mol. The number of anilines is 6. The number of benzene rings is 2. The topological polar surface area (TPSA) is 411 Å². The maximum Gasteiger partial charge on any atom is 1.00 e. The molecule has 2 aromatic heterocycles. The third-order valence-electron chi connectivity index (χ3n) is 6.87. The van der Waals surface area contributed by atoms with Gasteiger partial charge in [-0.05, 0) is 42.4 Å². The van der Waals surface area contributed by atoms with E-state index in [1.807, 2.05) is 13.6 Å². The fourth-order valence-electron chi connectivity index (χ4n) is 4.51. The van der Waals surface area contributed by atoms with E-state index in [2.05, 4.69) is 80.2 Å². The molecule has 0 saturated heterocycles. The molecular weight excluding hydrogens is 1030 g/mol. The molecule has 0 radical (unpaired) electrons. The summed E-state index contributed by atoms with van der Waals surface area (Å²) >= 11 is 1.17. The third-order valence-corrected chi connectivity index (χ3v) is 9.56. The summed E-state index contributed by atoms with van der Waals surface area (Å²) < 4.78 is 84.5. The van der Waals surface area contributed by atoms with E-state index >= 15 is 0 Å². The van der Waals surface area contributed by atoms with Gasteiger partial charge >= 0.3 is 118 Å². The van der Waals surface area contributed by atoms with Crippen molar-refractivity contribution < 1.29 is 193 Å². The molecule has 2 aromatic carbocycles. The minimum absolute atomic E-state index is 0. The van der Waals surface area contributed by atoms with Crippen LogP contribution in [0, 0.1) is 0 Å². The smallest absolute Gasteiger partial charge is 0.748 e. The van der Waals surface area contributed by atoms with Crippen molar-refractivity contribution in [2.75, 3.05) is 72.7 Å². The molecule has 0 atom stereocenters. The minimum Gasteiger partial charge on any atom is -0.748 e. The Morgan fingerprint density at radius 2 is 1.32 bits per heavy atom. The normalized spacial score (nSPS) is 10.7. The van der Waals surface area contributed by atoms with Gasteiger partial charge in [0, 0.05) is 47.6 Å². The summed E-state index contributed by atoms with van der Waals surface area (Å²) in [5, 5.41) is 50.6. The molecule has 28 nitrogen and oxygen atoms in total. The fraction of sp³-hybridized carbons (Fsp3) is 0.281. The zero-order valence-corrected chi connectivity index (χ0v) is 48.4. The van der Waals surface area contributed by atoms with E-state index in [1.165, 1.54) is 36.6 Å². The number of hydrogen-bond acceptors (Lipinski definition) is 30. The first-order valence-corrected chi connectivity index (χ1v) is 22.0. The van der Waals surface area contributed by atoms with Crippen molar-refractivity contribution in [3.63, 3.8) is 0 Å². The third kappa shape index (κ3) is 28.6. The van der Waals surface area contributed by atoms with E-state index < -0.39 is 30.9 Å². The number of nitrogens with one attached hydrogen (secondary N) is 5. The Balaban J connectivity index is -0.00000514. The van der Waals surface area contributed by atoms with E-state index in [0.29, 0.717) is 35.3 Å². The molecule has 0 fully saturated rings. The van der Waals surface area contributed by atoms with Gasteiger partial charge in [0.2, 0.25) is 23.8 Å². The van der Waals surface area contributed by atoms with Crippen LogP contribution in [0.3, 0.4) is 0 Å². The Labute approximate surface area is 487 Å². The molecule has 36 heteroatoms. The second-order valence-corrected chi connectivity index (χ2v) is 15.5. The largest absolute Gasteiger partial charge is 1.00 e. The number of hydrogen-bond donors (Lipinski definition) is 6. The maximum absolute atomic E-state index is 12.4. The van der Waals surface area contributed by atoms with Crippen LogP contribution in [0.4, 0.5) is 41.1 Å². The Morgan fingerprint density at radius 1 is 0.750 bits per heavy atom. The van der Waals surface area contributed by atoms with Gasteiger partial charge in [0.15, 0.2) is 0 Å². The van der Waals surface area contributed by atoms with Gasteiger partial charge in [-0.2, -0.15) is 38.6 Å². The molecule has 350 valence electrons. The Kier molecular flexibility index (Phi) is 41.8. The molecule has 0 aliphatic heterocycles. The average Bonchev–Trinajstić information content (AvgIpc) is 3.26. The van der Waals surface area contributed by atoms with Crippen LogP contribution in [0.1, 0.15) is 17.0 Å². The van der Waals surface area contributed by atoms with Crippen LogP contribution in [0.15, 0.2) is 51.2 Å². The summed E-state index contributed by atoms with van der Waals surface area (Å²) in [6, 6.07) is 8.50. The van der Waals surface area contributed by atoms with Crippen LogP contribution in [0.25, 0.3) is 12.2 Å². The fourth-order valence-corrected chi connectivity index (χ4v) is 6.30. The molecule has 0 aliphatic rings. The molecule has 0 bridgehead atoms. The number of aromatic nitrogens is 6. The van der Waals surface area contributed by atoms with Gasteiger partial charge in [-0.25, -0.2) is 21.8 Å². The van der Waals surface area contributed by atoms with Gasteiger partial charge in [0.25, 0.3) is 5.95 Å². The predicted octanol–water partition coefficient (Wildman–Crippen LogP) is -12.8. The quantitative estimate of drug-likeness (QED) is 0.00472. The molecule has 0 unspecified atom stereocenters. The van der Waals surface area contributed by atoms with Crippen LogP contribution >= 0.6 is 24.1 Å². The number of rotatable bonds is 27. The zero-order valence-electron chi connectivity index (χ0n) is 37.1. The Bertz CT molecular complexity index is 2360. The van der Waals surface area contributed by atoms with Crippen molar-refractivity contribution in [3.8, 4) is 0 Å². The minimum atomic E-state index is -5.06. The number of aliphatic hydroxyl groups excluding tert-OH is 1. The second-order valence-electron chi connectivity index (χ2n) is 11.2. The van der Waals surface area contributed by atoms with Gasteiger partial charge in [-0.15, -0.1) is 0 Å². The standard InChI is InChI=1S/C30H38N12O14S4.2CH2O.4Na/c1-31-18-25-37-26(33-9-14-57-55-53-44)40-29(38-25)36-22-7-5-20(24(17-22)60(49,50)51)3-2-19-4-6-21(16-23(19)58-56-54-45)35-30-41-27(32-8-12-52-13-11-43)39-28(42-30)34-10-15-59(46,47)48;2*1-2;;;;/h2-7,9,16-17,31,43-45H,8,10-15,18H2,1H3,(H,46,47,48)(H,49,50,51)(H,36,37,38,40)(H3,32,34,35,39,41,42);2*1H2;;;;/q;;;4*+1/p-4. The molecule has 68 heavy (non-hydrogen) atoms. The van der Waals surface area contributed by atoms with Gasteiger partial charge in [-0.3, -0.25) is 10.1 Å². The van der Waals surface area contributed by atoms with Crippen LogP contribution < -0.4 is 155 Å². The van der Waals surface area contributed by atoms with Crippen molar-refractivity contribution in [2.24, 2.45) is 4.99 Å². The Hall–Kier alpha value is -1.43. The summed E-state index contributed by atoms with van der Waals surface area (Å²) in [6.45, 7) is 4.25. The summed E-state index contributed by atoms with van der Waals surface area (Å²) in [5.41, 5.74) is 0.806. The zero-order chi connectivity index (χ0) is 47.4. The number of carbonyl (C=O) groups is 2. The summed E-state index contributed by atoms with van der Waals surface area (Å²) in [7, 11) is -7.93. The number of aliphatic hydroxyl groups is 1. The average molecular weight is 1070 g/mol. The van der Waals surface area contributed by atoms with E-state index in [4.69, 9.17) is 19.4 Å². The molecule has 0 spiro atoms. The number of aliphatic imine (C=N–C) groups is 1. The number of nitrogens with zero attached hydrogens (tertiary/aromatic N) is 7. The van der Waals surface area contributed by atoms with E-state index in [9.17, 15) is 36.5 Å². The van der Waals surface area contributed by atoms with Crippen LogP contribution in [-0.2, 0) is 59.9 Å². The van der Waals surface area contributed by atoms with Crippen molar-refractivity contribution in [1.82, 2.24) is 35.2 Å². The van der Waals surface area contributed by atoms with Crippen molar-refractivity contribution in [1.29, 1.82) is 0 Å². The van der Waals surface area contributed by atoms with Crippen molar-refractivity contribution in [2.45, 2.75) is 16.3 Å². The first kappa shape index (κ1) is 70.8. The SMILES string of the molecule is C=O.C=O.CNCc1nc(N=CCSOO[O-])nc(Nc2ccc(C=Cc3ccc(Nc4nc(NCCOCCO)nc(NCCS(=O)(=O)[O-])n4)cc3SOO[O-])c(S(=O)(=O)[O-])c2)n1.[Na+].[Na+].[Na+].[Na+]. The van der Waals surface area contributed by atoms with Gasteiger partial charge in [-0.1, -0.05) is 24.3 Å². The number of carbonyl (C=O) groups excluding carboxylic acids is 2. The van der Waals surface area contributed by atoms with E-state index in [1.54, 1.807) is 19.2 Å².